The van der Waals surface area contributed by atoms with Crippen LogP contribution in [0.25, 0.3) is 0 Å². The van der Waals surface area contributed by atoms with Crippen LogP contribution in [-0.2, 0) is 14.3 Å². The number of esters is 1. The maximum Gasteiger partial charge on any atom is 0.313 e. The van der Waals surface area contributed by atoms with Crippen LogP contribution in [-0.4, -0.2) is 30.1 Å². The molecule has 0 fully saturated rings. The van der Waals surface area contributed by atoms with Crippen LogP contribution in [0.3, 0.4) is 0 Å². The average molecular weight is 202 g/mol. The third kappa shape index (κ3) is 9.19. The van der Waals surface area contributed by atoms with Gasteiger partial charge in [0.15, 0.2) is 0 Å². The summed E-state index contributed by atoms with van der Waals surface area (Å²) in [7, 11) is 0. The van der Waals surface area contributed by atoms with E-state index in [2.05, 4.69) is 0 Å². The van der Waals surface area contributed by atoms with Crippen LogP contribution < -0.4 is 0 Å². The van der Waals surface area contributed by atoms with E-state index in [1.54, 1.807) is 0 Å². The van der Waals surface area contributed by atoms with Crippen molar-refractivity contribution < 1.29 is 19.4 Å². The van der Waals surface area contributed by atoms with Crippen molar-refractivity contribution in [3.63, 3.8) is 0 Å². The molecule has 0 saturated heterocycles. The average Bonchev–Trinajstić information content (AvgIpc) is 2.10. The second kappa shape index (κ2) is 8.69. The van der Waals surface area contributed by atoms with Crippen LogP contribution in [0.1, 0.15) is 39.0 Å². The Labute approximate surface area is 84.3 Å². The number of ketones is 1. The monoisotopic (exact) mass is 202 g/mol. The fraction of sp³-hybridized carbons (Fsp3) is 0.800. The van der Waals surface area contributed by atoms with Crippen molar-refractivity contribution >= 4 is 11.8 Å². The number of Topliss-reactive ketones (excluding diaryl/α,β-unsaturated/α-hetero) is 1. The lowest BCUT2D eigenvalue weighted by Gasteiger charge is -2.02. The third-order valence-electron chi connectivity index (χ3n) is 1.71. The summed E-state index contributed by atoms with van der Waals surface area (Å²) in [4.78, 5) is 21.4. The molecule has 0 aromatic rings. The van der Waals surface area contributed by atoms with Crippen molar-refractivity contribution in [3.05, 3.63) is 0 Å². The van der Waals surface area contributed by atoms with Gasteiger partial charge in [-0.3, -0.25) is 9.59 Å². The van der Waals surface area contributed by atoms with E-state index in [1.165, 1.54) is 6.92 Å². The topological polar surface area (TPSA) is 63.6 Å². The van der Waals surface area contributed by atoms with E-state index in [4.69, 9.17) is 9.84 Å². The minimum absolute atomic E-state index is 0.128. The van der Waals surface area contributed by atoms with E-state index in [-0.39, 0.29) is 18.8 Å². The Bertz CT molecular complexity index is 177. The highest BCUT2D eigenvalue weighted by Gasteiger charge is 2.05. The van der Waals surface area contributed by atoms with Crippen molar-refractivity contribution in [1.29, 1.82) is 0 Å². The predicted octanol–water partition coefficient (Wildman–Crippen LogP) is 1.06. The van der Waals surface area contributed by atoms with E-state index in [0.717, 1.165) is 25.7 Å². The van der Waals surface area contributed by atoms with Crippen molar-refractivity contribution in [2.24, 2.45) is 0 Å². The highest BCUT2D eigenvalue weighted by Crippen LogP contribution is 2.00. The normalized spacial score (nSPS) is 9.86. The first-order chi connectivity index (χ1) is 6.66. The summed E-state index contributed by atoms with van der Waals surface area (Å²) in [5, 5.41) is 8.49. The Hall–Kier alpha value is -0.900. The second-order valence-electron chi connectivity index (χ2n) is 3.24. The molecular formula is C10H18O4. The van der Waals surface area contributed by atoms with Gasteiger partial charge in [-0.1, -0.05) is 6.42 Å². The molecule has 0 spiro atoms. The van der Waals surface area contributed by atoms with Gasteiger partial charge in [-0.05, 0) is 26.2 Å². The summed E-state index contributed by atoms with van der Waals surface area (Å²) in [6, 6.07) is 0. The van der Waals surface area contributed by atoms with Gasteiger partial charge in [-0.15, -0.1) is 0 Å². The molecule has 0 aromatic carbocycles. The van der Waals surface area contributed by atoms with Crippen LogP contribution in [0.4, 0.5) is 0 Å². The number of rotatable bonds is 8. The fourth-order valence-corrected chi connectivity index (χ4v) is 1.01. The van der Waals surface area contributed by atoms with Crippen LogP contribution in [0.2, 0.25) is 0 Å². The number of aliphatic hydroxyl groups excluding tert-OH is 1. The van der Waals surface area contributed by atoms with Gasteiger partial charge < -0.3 is 9.84 Å². The predicted molar refractivity (Wildman–Crippen MR) is 51.8 cm³/mol. The van der Waals surface area contributed by atoms with Gasteiger partial charge in [0.2, 0.25) is 0 Å². The Kier molecular flexibility index (Phi) is 8.13. The van der Waals surface area contributed by atoms with Crippen molar-refractivity contribution in [2.45, 2.75) is 39.0 Å². The largest absolute Gasteiger partial charge is 0.465 e. The number of unbranched alkanes of at least 4 members (excludes halogenated alkanes) is 3. The van der Waals surface area contributed by atoms with Gasteiger partial charge in [0, 0.05) is 6.61 Å². The van der Waals surface area contributed by atoms with Crippen LogP contribution in [0, 0.1) is 0 Å². The number of hydrogen-bond acceptors (Lipinski definition) is 4. The maximum atomic E-state index is 10.9. The molecule has 0 aromatic heterocycles. The Morgan fingerprint density at radius 1 is 1.14 bits per heavy atom. The van der Waals surface area contributed by atoms with E-state index < -0.39 is 5.97 Å². The summed E-state index contributed by atoms with van der Waals surface area (Å²) in [5.41, 5.74) is 0. The third-order valence-corrected chi connectivity index (χ3v) is 1.71. The summed E-state index contributed by atoms with van der Waals surface area (Å²) in [6.07, 6.45) is 3.34. The molecule has 0 amide bonds. The molecule has 0 aliphatic rings. The van der Waals surface area contributed by atoms with Gasteiger partial charge in [-0.25, -0.2) is 0 Å². The number of carbonyl (C=O) groups is 2. The summed E-state index contributed by atoms with van der Waals surface area (Å²) < 4.78 is 4.81. The van der Waals surface area contributed by atoms with Gasteiger partial charge in [0.05, 0.1) is 6.61 Å². The molecule has 1 N–H and O–H groups in total. The lowest BCUT2D eigenvalue weighted by molar-refractivity contribution is -0.145. The van der Waals surface area contributed by atoms with Crippen molar-refractivity contribution in [3.8, 4) is 0 Å². The molecule has 0 radical (unpaired) electrons. The fourth-order valence-electron chi connectivity index (χ4n) is 1.01. The second-order valence-corrected chi connectivity index (χ2v) is 3.24. The minimum atomic E-state index is -0.445. The van der Waals surface area contributed by atoms with Gasteiger partial charge in [0.25, 0.3) is 0 Å². The molecule has 4 nitrogen and oxygen atoms in total. The van der Waals surface area contributed by atoms with Crippen LogP contribution >= 0.6 is 0 Å². The molecule has 0 bridgehead atoms. The zero-order chi connectivity index (χ0) is 10.8. The molecule has 0 aliphatic carbocycles. The lowest BCUT2D eigenvalue weighted by Crippen LogP contribution is -2.09. The maximum absolute atomic E-state index is 10.9. The van der Waals surface area contributed by atoms with E-state index >= 15 is 0 Å². The molecule has 0 rings (SSSR count). The van der Waals surface area contributed by atoms with E-state index in [9.17, 15) is 9.59 Å². The number of aliphatic hydroxyl groups is 1. The van der Waals surface area contributed by atoms with Crippen LogP contribution in [0.15, 0.2) is 0 Å². The molecule has 14 heavy (non-hydrogen) atoms. The molecule has 0 atom stereocenters. The van der Waals surface area contributed by atoms with Crippen molar-refractivity contribution in [1.82, 2.24) is 0 Å². The lowest BCUT2D eigenvalue weighted by atomic mass is 10.2. The number of hydrogen-bond donors (Lipinski definition) is 1. The summed E-state index contributed by atoms with van der Waals surface area (Å²) >= 11 is 0. The first kappa shape index (κ1) is 13.1. The molecular weight excluding hydrogens is 184 g/mol. The highest BCUT2D eigenvalue weighted by molar-refractivity contribution is 5.94. The van der Waals surface area contributed by atoms with Gasteiger partial charge in [-0.2, -0.15) is 0 Å². The zero-order valence-electron chi connectivity index (χ0n) is 8.62. The van der Waals surface area contributed by atoms with Gasteiger partial charge >= 0.3 is 5.97 Å². The summed E-state index contributed by atoms with van der Waals surface area (Å²) in [6.45, 7) is 1.95. The van der Waals surface area contributed by atoms with Crippen molar-refractivity contribution in [2.75, 3.05) is 13.2 Å². The molecule has 0 saturated carbocycles. The molecule has 82 valence electrons. The van der Waals surface area contributed by atoms with Gasteiger partial charge in [0.1, 0.15) is 12.2 Å². The Morgan fingerprint density at radius 3 is 2.36 bits per heavy atom. The highest BCUT2D eigenvalue weighted by atomic mass is 16.5. The minimum Gasteiger partial charge on any atom is -0.465 e. The van der Waals surface area contributed by atoms with Crippen LogP contribution in [0.5, 0.6) is 0 Å². The summed E-state index contributed by atoms with van der Waals surface area (Å²) in [5.74, 6) is -0.616. The first-order valence-corrected chi connectivity index (χ1v) is 4.92. The smallest absolute Gasteiger partial charge is 0.313 e. The van der Waals surface area contributed by atoms with E-state index in [0.29, 0.717) is 6.61 Å². The molecule has 0 unspecified atom stereocenters. The molecule has 0 heterocycles. The first-order valence-electron chi connectivity index (χ1n) is 4.92. The molecule has 4 heteroatoms. The zero-order valence-corrected chi connectivity index (χ0v) is 8.62. The Balaban J connectivity index is 3.19. The SMILES string of the molecule is CC(=O)CC(=O)OCCCCCCO. The number of ether oxygens (including phenoxy) is 1. The molecule has 0 aliphatic heterocycles. The standard InChI is InChI=1S/C10H18O4/c1-9(12)8-10(13)14-7-5-3-2-4-6-11/h11H,2-8H2,1H3. The number of carbonyl (C=O) groups excluding carboxylic acids is 2. The quantitative estimate of drug-likeness (QED) is 0.363. The Morgan fingerprint density at radius 2 is 1.79 bits per heavy atom. The van der Waals surface area contributed by atoms with E-state index in [1.807, 2.05) is 0 Å².